The minimum Gasteiger partial charge on any atom is -0.345 e. The first-order chi connectivity index (χ1) is 8.04. The van der Waals surface area contributed by atoms with Crippen LogP contribution in [0.4, 0.5) is 10.1 Å². The minimum atomic E-state index is -0.865. The number of nitrogens with one attached hydrogen (secondary N) is 2. The fourth-order valence-corrected chi connectivity index (χ4v) is 1.13. The topological polar surface area (TPSA) is 58.2 Å². The van der Waals surface area contributed by atoms with Crippen molar-refractivity contribution in [2.24, 2.45) is 0 Å². The van der Waals surface area contributed by atoms with E-state index in [1.807, 2.05) is 6.92 Å². The Morgan fingerprint density at radius 2 is 1.94 bits per heavy atom. The molecule has 0 spiro atoms. The molecule has 0 aliphatic rings. The number of anilines is 1. The molecule has 0 saturated carbocycles. The van der Waals surface area contributed by atoms with Gasteiger partial charge in [-0.2, -0.15) is 0 Å². The molecule has 5 heteroatoms. The van der Waals surface area contributed by atoms with Crippen molar-refractivity contribution in [2.75, 3.05) is 5.32 Å². The van der Waals surface area contributed by atoms with Crippen molar-refractivity contribution in [2.45, 2.75) is 26.3 Å². The van der Waals surface area contributed by atoms with Gasteiger partial charge < -0.3 is 10.6 Å². The molecule has 1 atom stereocenters. The Balaban J connectivity index is 2.61. The molecule has 1 aromatic carbocycles. The summed E-state index contributed by atoms with van der Waals surface area (Å²) in [5.41, 5.74) is -0.00296. The third kappa shape index (κ3) is 3.86. The quantitative estimate of drug-likeness (QED) is 0.787. The second-order valence-corrected chi connectivity index (χ2v) is 3.72. The van der Waals surface area contributed by atoms with Gasteiger partial charge in [-0.25, -0.2) is 4.39 Å². The van der Waals surface area contributed by atoms with Crippen LogP contribution in [-0.4, -0.2) is 17.9 Å². The number of benzene rings is 1. The predicted molar refractivity (Wildman–Crippen MR) is 62.9 cm³/mol. The largest absolute Gasteiger partial charge is 0.345 e. The zero-order valence-corrected chi connectivity index (χ0v) is 9.79. The zero-order chi connectivity index (χ0) is 12.8. The first-order valence-electron chi connectivity index (χ1n) is 5.41. The van der Waals surface area contributed by atoms with Gasteiger partial charge in [-0.1, -0.05) is 19.1 Å². The molecular weight excluding hydrogens is 223 g/mol. The number of halogens is 1. The van der Waals surface area contributed by atoms with Crippen LogP contribution in [0.1, 0.15) is 20.3 Å². The Hall–Kier alpha value is -1.91. The van der Waals surface area contributed by atoms with E-state index in [0.29, 0.717) is 0 Å². The van der Waals surface area contributed by atoms with Crippen molar-refractivity contribution in [3.8, 4) is 0 Å². The summed E-state index contributed by atoms with van der Waals surface area (Å²) in [6.45, 7) is 3.67. The number of carbonyl (C=O) groups is 2. The molecule has 0 saturated heterocycles. The van der Waals surface area contributed by atoms with Crippen LogP contribution in [0.5, 0.6) is 0 Å². The average molecular weight is 238 g/mol. The minimum absolute atomic E-state index is 0.00296. The monoisotopic (exact) mass is 238 g/mol. The molecule has 17 heavy (non-hydrogen) atoms. The van der Waals surface area contributed by atoms with Crippen LogP contribution in [-0.2, 0) is 9.59 Å². The second-order valence-electron chi connectivity index (χ2n) is 3.72. The molecule has 0 aromatic heterocycles. The van der Waals surface area contributed by atoms with Crippen LogP contribution in [0.15, 0.2) is 24.3 Å². The van der Waals surface area contributed by atoms with Gasteiger partial charge >= 0.3 is 11.8 Å². The van der Waals surface area contributed by atoms with E-state index in [0.717, 1.165) is 6.42 Å². The number of amides is 2. The van der Waals surface area contributed by atoms with E-state index in [1.165, 1.54) is 18.2 Å². The first kappa shape index (κ1) is 13.2. The fraction of sp³-hybridized carbons (Fsp3) is 0.333. The number of carbonyl (C=O) groups excluding carboxylic acids is 2. The van der Waals surface area contributed by atoms with E-state index < -0.39 is 17.6 Å². The van der Waals surface area contributed by atoms with Crippen LogP contribution in [0.25, 0.3) is 0 Å². The lowest BCUT2D eigenvalue weighted by atomic mass is 10.2. The van der Waals surface area contributed by atoms with E-state index in [2.05, 4.69) is 10.6 Å². The highest BCUT2D eigenvalue weighted by atomic mass is 19.1. The Labute approximate surface area is 99.2 Å². The maximum Gasteiger partial charge on any atom is 0.313 e. The molecule has 0 heterocycles. The van der Waals surface area contributed by atoms with Crippen LogP contribution in [0.3, 0.4) is 0 Å². The third-order valence-electron chi connectivity index (χ3n) is 2.32. The van der Waals surface area contributed by atoms with E-state index in [1.54, 1.807) is 13.0 Å². The van der Waals surface area contributed by atoms with E-state index in [-0.39, 0.29) is 11.7 Å². The molecule has 0 aliphatic heterocycles. The number of para-hydroxylation sites is 1. The lowest BCUT2D eigenvalue weighted by Crippen LogP contribution is -2.40. The van der Waals surface area contributed by atoms with Crippen molar-refractivity contribution in [1.29, 1.82) is 0 Å². The Morgan fingerprint density at radius 1 is 1.29 bits per heavy atom. The highest BCUT2D eigenvalue weighted by Gasteiger charge is 2.16. The summed E-state index contributed by atoms with van der Waals surface area (Å²) < 4.78 is 13.2. The molecule has 2 amide bonds. The van der Waals surface area contributed by atoms with E-state index >= 15 is 0 Å². The van der Waals surface area contributed by atoms with Crippen molar-refractivity contribution in [1.82, 2.24) is 5.32 Å². The molecule has 0 unspecified atom stereocenters. The summed E-state index contributed by atoms with van der Waals surface area (Å²) in [7, 11) is 0. The normalized spacial score (nSPS) is 11.7. The lowest BCUT2D eigenvalue weighted by Gasteiger charge is -2.11. The second kappa shape index (κ2) is 5.98. The first-order valence-corrected chi connectivity index (χ1v) is 5.41. The van der Waals surface area contributed by atoms with Gasteiger partial charge in [0.25, 0.3) is 0 Å². The fourth-order valence-electron chi connectivity index (χ4n) is 1.13. The SMILES string of the molecule is CC[C@@H](C)NC(=O)C(=O)Nc1ccccc1F. The summed E-state index contributed by atoms with van der Waals surface area (Å²) >= 11 is 0. The predicted octanol–water partition coefficient (Wildman–Crippen LogP) is 1.68. The number of hydrogen-bond donors (Lipinski definition) is 2. The van der Waals surface area contributed by atoms with Gasteiger partial charge in [0.1, 0.15) is 5.82 Å². The Bertz CT molecular complexity index is 421. The van der Waals surface area contributed by atoms with Crippen LogP contribution < -0.4 is 10.6 Å². The van der Waals surface area contributed by atoms with Gasteiger partial charge in [-0.15, -0.1) is 0 Å². The van der Waals surface area contributed by atoms with Gasteiger partial charge in [0.15, 0.2) is 0 Å². The Morgan fingerprint density at radius 3 is 2.53 bits per heavy atom. The summed E-state index contributed by atoms with van der Waals surface area (Å²) in [6.07, 6.45) is 0.721. The van der Waals surface area contributed by atoms with Crippen molar-refractivity contribution < 1.29 is 14.0 Å². The highest BCUT2D eigenvalue weighted by molar-refractivity contribution is 6.39. The summed E-state index contributed by atoms with van der Waals surface area (Å²) in [5.74, 6) is -2.20. The molecule has 4 nitrogen and oxygen atoms in total. The van der Waals surface area contributed by atoms with Crippen LogP contribution in [0.2, 0.25) is 0 Å². The van der Waals surface area contributed by atoms with Crippen LogP contribution >= 0.6 is 0 Å². The highest BCUT2D eigenvalue weighted by Crippen LogP contribution is 2.11. The molecule has 0 radical (unpaired) electrons. The van der Waals surface area contributed by atoms with Crippen LogP contribution in [0, 0.1) is 5.82 Å². The van der Waals surface area contributed by atoms with Gasteiger partial charge in [0, 0.05) is 6.04 Å². The van der Waals surface area contributed by atoms with Crippen molar-refractivity contribution in [3.05, 3.63) is 30.1 Å². The van der Waals surface area contributed by atoms with E-state index in [9.17, 15) is 14.0 Å². The van der Waals surface area contributed by atoms with Crippen molar-refractivity contribution >= 4 is 17.5 Å². The Kier molecular flexibility index (Phi) is 4.63. The summed E-state index contributed by atoms with van der Waals surface area (Å²) in [6, 6.07) is 5.59. The maximum absolute atomic E-state index is 13.2. The van der Waals surface area contributed by atoms with Crippen molar-refractivity contribution in [3.63, 3.8) is 0 Å². The number of hydrogen-bond acceptors (Lipinski definition) is 2. The third-order valence-corrected chi connectivity index (χ3v) is 2.32. The molecule has 1 aromatic rings. The smallest absolute Gasteiger partial charge is 0.313 e. The molecule has 1 rings (SSSR count). The van der Waals surface area contributed by atoms with Gasteiger partial charge in [0.2, 0.25) is 0 Å². The zero-order valence-electron chi connectivity index (χ0n) is 9.79. The number of rotatable bonds is 3. The molecule has 0 aliphatic carbocycles. The lowest BCUT2D eigenvalue weighted by molar-refractivity contribution is -0.136. The van der Waals surface area contributed by atoms with Gasteiger partial charge in [0.05, 0.1) is 5.69 Å². The van der Waals surface area contributed by atoms with Gasteiger partial charge in [-0.3, -0.25) is 9.59 Å². The van der Waals surface area contributed by atoms with E-state index in [4.69, 9.17) is 0 Å². The molecule has 2 N–H and O–H groups in total. The summed E-state index contributed by atoms with van der Waals surface area (Å²) in [5, 5.41) is 4.71. The molecular formula is C12H15FN2O2. The molecule has 0 fully saturated rings. The molecule has 92 valence electrons. The summed E-state index contributed by atoms with van der Waals surface area (Å²) in [4.78, 5) is 22.8. The van der Waals surface area contributed by atoms with Gasteiger partial charge in [-0.05, 0) is 25.5 Å². The standard InChI is InChI=1S/C12H15FN2O2/c1-3-8(2)14-11(16)12(17)15-10-7-5-4-6-9(10)13/h4-8H,3H2,1-2H3,(H,14,16)(H,15,17)/t8-/m1/s1. The molecule has 0 bridgehead atoms. The average Bonchev–Trinajstić information content (AvgIpc) is 2.31. The maximum atomic E-state index is 13.2.